The van der Waals surface area contributed by atoms with E-state index in [9.17, 15) is 0 Å². The molecular weight excluding hydrogens is 256 g/mol. The van der Waals surface area contributed by atoms with Crippen LogP contribution in [0.5, 0.6) is 0 Å². The fraction of sp³-hybridized carbons (Fsp3) is 0.933. The summed E-state index contributed by atoms with van der Waals surface area (Å²) in [6.45, 7) is 10.9. The number of hydrogen-bond donors (Lipinski definition) is 1. The van der Waals surface area contributed by atoms with Gasteiger partial charge in [0.05, 0.1) is 5.60 Å². The van der Waals surface area contributed by atoms with E-state index in [1.807, 2.05) is 11.8 Å². The van der Waals surface area contributed by atoms with Crippen molar-refractivity contribution in [2.45, 2.75) is 65.0 Å². The summed E-state index contributed by atoms with van der Waals surface area (Å²) in [5, 5.41) is 4.80. The van der Waals surface area contributed by atoms with Gasteiger partial charge in [-0.2, -0.15) is 0 Å². The van der Waals surface area contributed by atoms with Gasteiger partial charge in [-0.15, -0.1) is 0 Å². The topological polar surface area (TPSA) is 33.6 Å². The van der Waals surface area contributed by atoms with Gasteiger partial charge in [0.15, 0.2) is 5.17 Å². The number of hydrogen-bond acceptors (Lipinski definition) is 4. The van der Waals surface area contributed by atoms with Crippen LogP contribution in [0.25, 0.3) is 0 Å². The summed E-state index contributed by atoms with van der Waals surface area (Å²) >= 11 is 1.88. The minimum Gasteiger partial charge on any atom is -0.375 e. The maximum Gasteiger partial charge on any atom is 0.156 e. The molecule has 0 amide bonds. The average molecular weight is 284 g/mol. The van der Waals surface area contributed by atoms with Crippen LogP contribution >= 0.6 is 11.8 Å². The van der Waals surface area contributed by atoms with E-state index in [1.54, 1.807) is 0 Å². The molecule has 0 spiro atoms. The summed E-state index contributed by atoms with van der Waals surface area (Å²) in [6.07, 6.45) is 4.43. The third kappa shape index (κ3) is 3.88. The number of nitrogens with one attached hydrogen (secondary N) is 1. The van der Waals surface area contributed by atoms with Crippen molar-refractivity contribution in [3.8, 4) is 0 Å². The molecule has 4 heteroatoms. The highest BCUT2D eigenvalue weighted by atomic mass is 32.2. The molecular formula is C15H28N2OS. The fourth-order valence-corrected chi connectivity index (χ4v) is 3.82. The van der Waals surface area contributed by atoms with Crippen LogP contribution in [0.15, 0.2) is 4.99 Å². The second kappa shape index (κ2) is 6.04. The van der Waals surface area contributed by atoms with Crippen molar-refractivity contribution in [1.29, 1.82) is 0 Å². The van der Waals surface area contributed by atoms with E-state index >= 15 is 0 Å². The van der Waals surface area contributed by atoms with Crippen LogP contribution in [0.1, 0.15) is 53.4 Å². The van der Waals surface area contributed by atoms with Crippen LogP contribution in [0.2, 0.25) is 0 Å². The number of nitrogens with zero attached hydrogens (tertiary/aromatic N) is 1. The van der Waals surface area contributed by atoms with Crippen LogP contribution in [0.4, 0.5) is 0 Å². The van der Waals surface area contributed by atoms with Gasteiger partial charge in [0, 0.05) is 24.9 Å². The van der Waals surface area contributed by atoms with E-state index in [-0.39, 0.29) is 5.60 Å². The van der Waals surface area contributed by atoms with E-state index in [0.29, 0.717) is 11.5 Å². The minimum atomic E-state index is 0.0923. The van der Waals surface area contributed by atoms with E-state index in [0.717, 1.165) is 49.8 Å². The molecule has 19 heavy (non-hydrogen) atoms. The van der Waals surface area contributed by atoms with Gasteiger partial charge >= 0.3 is 0 Å². The van der Waals surface area contributed by atoms with Crippen LogP contribution in [0.3, 0.4) is 0 Å². The second-order valence-corrected chi connectivity index (χ2v) is 7.61. The van der Waals surface area contributed by atoms with Gasteiger partial charge in [-0.3, -0.25) is 4.99 Å². The van der Waals surface area contributed by atoms with Gasteiger partial charge < -0.3 is 10.1 Å². The highest BCUT2D eigenvalue weighted by Crippen LogP contribution is 2.32. The molecule has 110 valence electrons. The van der Waals surface area contributed by atoms with Crippen molar-refractivity contribution in [3.63, 3.8) is 0 Å². The Kier molecular flexibility index (Phi) is 4.83. The molecule has 2 heterocycles. The lowest BCUT2D eigenvalue weighted by Gasteiger charge is -2.41. The predicted octanol–water partition coefficient (Wildman–Crippen LogP) is 3.44. The zero-order valence-electron chi connectivity index (χ0n) is 12.8. The Balaban J connectivity index is 1.91. The van der Waals surface area contributed by atoms with Gasteiger partial charge in [-0.1, -0.05) is 39.5 Å². The van der Waals surface area contributed by atoms with Gasteiger partial charge in [0.1, 0.15) is 0 Å². The standard InChI is InChI=1S/C15H28N2OS/c1-5-15(6-2)9-12(7-8-18-15)17-13-16-10-14(3,4)11-19-13/h12H,5-11H2,1-4H3,(H,16,17). The highest BCUT2D eigenvalue weighted by molar-refractivity contribution is 8.13. The van der Waals surface area contributed by atoms with E-state index in [1.165, 1.54) is 0 Å². The Morgan fingerprint density at radius 3 is 2.68 bits per heavy atom. The van der Waals surface area contributed by atoms with Crippen molar-refractivity contribution in [3.05, 3.63) is 0 Å². The van der Waals surface area contributed by atoms with Crippen LogP contribution in [-0.4, -0.2) is 35.7 Å². The van der Waals surface area contributed by atoms with Crippen molar-refractivity contribution in [2.24, 2.45) is 10.4 Å². The molecule has 1 unspecified atom stereocenters. The average Bonchev–Trinajstić information content (AvgIpc) is 2.41. The van der Waals surface area contributed by atoms with Crippen LogP contribution < -0.4 is 5.32 Å². The molecule has 1 fully saturated rings. The number of ether oxygens (including phenoxy) is 1. The molecule has 0 aromatic heterocycles. The van der Waals surface area contributed by atoms with Crippen molar-refractivity contribution in [2.75, 3.05) is 18.9 Å². The lowest BCUT2D eigenvalue weighted by molar-refractivity contribution is -0.0909. The molecule has 0 bridgehead atoms. The smallest absolute Gasteiger partial charge is 0.156 e. The molecule has 2 aliphatic heterocycles. The zero-order chi connectivity index (χ0) is 13.9. The van der Waals surface area contributed by atoms with E-state index < -0.39 is 0 Å². The Morgan fingerprint density at radius 2 is 2.11 bits per heavy atom. The fourth-order valence-electron chi connectivity index (χ4n) is 2.80. The number of amidine groups is 1. The monoisotopic (exact) mass is 284 g/mol. The molecule has 1 atom stereocenters. The first-order valence-electron chi connectivity index (χ1n) is 7.56. The summed E-state index contributed by atoms with van der Waals surface area (Å²) < 4.78 is 6.03. The predicted molar refractivity (Wildman–Crippen MR) is 84.0 cm³/mol. The van der Waals surface area contributed by atoms with Crippen molar-refractivity contribution < 1.29 is 4.74 Å². The first kappa shape index (κ1) is 15.2. The Bertz CT molecular complexity index is 337. The zero-order valence-corrected chi connectivity index (χ0v) is 13.6. The number of thioether (sulfide) groups is 1. The second-order valence-electron chi connectivity index (χ2n) is 6.65. The summed E-state index contributed by atoms with van der Waals surface area (Å²) in [5.74, 6) is 1.16. The molecule has 0 aromatic rings. The Hall–Kier alpha value is -0.220. The quantitative estimate of drug-likeness (QED) is 0.862. The van der Waals surface area contributed by atoms with Gasteiger partial charge in [-0.25, -0.2) is 0 Å². The first-order valence-corrected chi connectivity index (χ1v) is 8.55. The molecule has 1 saturated heterocycles. The Labute approximate surface area is 122 Å². The van der Waals surface area contributed by atoms with E-state index in [4.69, 9.17) is 9.73 Å². The normalized spacial score (nSPS) is 29.7. The lowest BCUT2D eigenvalue weighted by atomic mass is 9.86. The molecule has 0 saturated carbocycles. The van der Waals surface area contributed by atoms with Crippen LogP contribution in [-0.2, 0) is 4.74 Å². The third-order valence-corrected chi connectivity index (χ3v) is 5.81. The third-order valence-electron chi connectivity index (χ3n) is 4.36. The lowest BCUT2D eigenvalue weighted by Crippen LogP contribution is -2.48. The highest BCUT2D eigenvalue weighted by Gasteiger charge is 2.35. The van der Waals surface area contributed by atoms with Gasteiger partial charge in [-0.05, 0) is 31.1 Å². The molecule has 0 radical (unpaired) electrons. The van der Waals surface area contributed by atoms with Crippen molar-refractivity contribution >= 4 is 16.9 Å². The molecule has 1 N–H and O–H groups in total. The summed E-state index contributed by atoms with van der Waals surface area (Å²) in [5.41, 5.74) is 0.442. The molecule has 3 nitrogen and oxygen atoms in total. The summed E-state index contributed by atoms with van der Waals surface area (Å²) in [7, 11) is 0. The number of aliphatic imine (C=N–C) groups is 1. The Morgan fingerprint density at radius 1 is 1.37 bits per heavy atom. The SMILES string of the molecule is CCC1(CC)CC(NC2=NCC(C)(C)CS2)CCO1. The largest absolute Gasteiger partial charge is 0.375 e. The molecule has 2 aliphatic rings. The van der Waals surface area contributed by atoms with Gasteiger partial charge in [0.25, 0.3) is 0 Å². The maximum absolute atomic E-state index is 6.03. The molecule has 0 aromatic carbocycles. The minimum absolute atomic E-state index is 0.0923. The first-order chi connectivity index (χ1) is 8.99. The molecule has 0 aliphatic carbocycles. The van der Waals surface area contributed by atoms with E-state index in [2.05, 4.69) is 33.0 Å². The summed E-state index contributed by atoms with van der Waals surface area (Å²) in [4.78, 5) is 4.70. The number of rotatable bonds is 3. The molecule has 2 rings (SSSR count). The van der Waals surface area contributed by atoms with Crippen LogP contribution in [0, 0.1) is 5.41 Å². The van der Waals surface area contributed by atoms with Crippen molar-refractivity contribution in [1.82, 2.24) is 5.32 Å². The van der Waals surface area contributed by atoms with Gasteiger partial charge in [0.2, 0.25) is 0 Å². The summed E-state index contributed by atoms with van der Waals surface area (Å²) in [6, 6.07) is 0.529. The maximum atomic E-state index is 6.03.